The van der Waals surface area contributed by atoms with E-state index in [1.807, 2.05) is 24.4 Å². The van der Waals surface area contributed by atoms with Crippen LogP contribution in [0.15, 0.2) is 53.7 Å². The smallest absolute Gasteiger partial charge is 0.191 e. The van der Waals surface area contributed by atoms with Gasteiger partial charge in [-0.15, -0.1) is 24.0 Å². The number of aromatic nitrogens is 1. The maximum Gasteiger partial charge on any atom is 0.191 e. The summed E-state index contributed by atoms with van der Waals surface area (Å²) in [5.41, 5.74) is 2.63. The average Bonchev–Trinajstić information content (AvgIpc) is 2.82. The van der Waals surface area contributed by atoms with Gasteiger partial charge in [-0.05, 0) is 43.0 Å². The van der Waals surface area contributed by atoms with Gasteiger partial charge in [-0.25, -0.2) is 9.98 Å². The minimum Gasteiger partial charge on any atom is -0.379 e. The summed E-state index contributed by atoms with van der Waals surface area (Å²) < 4.78 is 5.47. The van der Waals surface area contributed by atoms with Crippen LogP contribution in [0.25, 0.3) is 0 Å². The summed E-state index contributed by atoms with van der Waals surface area (Å²) >= 11 is 0. The van der Waals surface area contributed by atoms with Crippen molar-refractivity contribution in [3.8, 4) is 0 Å². The number of anilines is 1. The summed E-state index contributed by atoms with van der Waals surface area (Å²) in [6.07, 6.45) is 3.95. The fourth-order valence-corrected chi connectivity index (χ4v) is 3.51. The molecule has 1 aromatic carbocycles. The number of nitrogens with one attached hydrogen (secondary N) is 3. The standard InChI is InChI=1S/C24H36N6O.HI/c1-2-25-24(28-14-8-7-13-27-23-11-5-6-12-26-23)29-19-21-9-3-4-10-22(21)20-30-15-17-31-18-16-30;/h3-6,9-12H,2,7-8,13-20H2,1H3,(H,26,27)(H2,25,28,29);1H. The summed E-state index contributed by atoms with van der Waals surface area (Å²) in [5.74, 6) is 1.81. The Hall–Kier alpha value is -1.91. The number of nitrogens with zero attached hydrogens (tertiary/aromatic N) is 3. The molecule has 0 radical (unpaired) electrons. The predicted octanol–water partition coefficient (Wildman–Crippen LogP) is 3.48. The molecule has 2 heterocycles. The number of hydrogen-bond acceptors (Lipinski definition) is 5. The lowest BCUT2D eigenvalue weighted by Crippen LogP contribution is -2.38. The molecule has 0 amide bonds. The third kappa shape index (κ3) is 9.70. The molecular weight excluding hydrogens is 515 g/mol. The number of aliphatic imine (C=N–C) groups is 1. The molecule has 2 aromatic rings. The van der Waals surface area contributed by atoms with Crippen LogP contribution in [0, 0.1) is 0 Å². The molecule has 1 saturated heterocycles. The van der Waals surface area contributed by atoms with Crippen molar-refractivity contribution in [3.63, 3.8) is 0 Å². The van der Waals surface area contributed by atoms with Crippen LogP contribution in [0.3, 0.4) is 0 Å². The third-order valence-corrected chi connectivity index (χ3v) is 5.23. The highest BCUT2D eigenvalue weighted by Gasteiger charge is 2.12. The molecule has 0 saturated carbocycles. The van der Waals surface area contributed by atoms with E-state index in [4.69, 9.17) is 9.73 Å². The summed E-state index contributed by atoms with van der Waals surface area (Å²) in [6.45, 7) is 10.0. The van der Waals surface area contributed by atoms with Gasteiger partial charge < -0.3 is 20.7 Å². The number of morpholine rings is 1. The molecule has 8 heteroatoms. The van der Waals surface area contributed by atoms with Crippen molar-refractivity contribution in [2.24, 2.45) is 4.99 Å². The highest BCUT2D eigenvalue weighted by atomic mass is 127. The lowest BCUT2D eigenvalue weighted by molar-refractivity contribution is 0.0341. The second-order valence-corrected chi connectivity index (χ2v) is 7.63. The average molecular weight is 553 g/mol. The van der Waals surface area contributed by atoms with Crippen molar-refractivity contribution < 1.29 is 4.74 Å². The maximum atomic E-state index is 5.47. The van der Waals surface area contributed by atoms with Crippen molar-refractivity contribution in [3.05, 3.63) is 59.8 Å². The van der Waals surface area contributed by atoms with E-state index >= 15 is 0 Å². The lowest BCUT2D eigenvalue weighted by Gasteiger charge is -2.27. The van der Waals surface area contributed by atoms with Gasteiger partial charge in [0, 0.05) is 45.5 Å². The molecule has 176 valence electrons. The van der Waals surface area contributed by atoms with Crippen molar-refractivity contribution in [2.75, 3.05) is 51.3 Å². The van der Waals surface area contributed by atoms with Crippen LogP contribution in [0.5, 0.6) is 0 Å². The lowest BCUT2D eigenvalue weighted by atomic mass is 10.1. The van der Waals surface area contributed by atoms with Crippen LogP contribution in [0.4, 0.5) is 5.82 Å². The molecule has 0 atom stereocenters. The van der Waals surface area contributed by atoms with Crippen LogP contribution in [0.1, 0.15) is 30.9 Å². The number of ether oxygens (including phenoxy) is 1. The zero-order valence-electron chi connectivity index (χ0n) is 19.1. The van der Waals surface area contributed by atoms with E-state index in [1.165, 1.54) is 11.1 Å². The van der Waals surface area contributed by atoms with E-state index in [2.05, 4.69) is 57.0 Å². The van der Waals surface area contributed by atoms with E-state index in [-0.39, 0.29) is 24.0 Å². The third-order valence-electron chi connectivity index (χ3n) is 5.23. The van der Waals surface area contributed by atoms with E-state index < -0.39 is 0 Å². The molecule has 0 aliphatic carbocycles. The molecule has 1 aromatic heterocycles. The molecule has 1 fully saturated rings. The zero-order chi connectivity index (χ0) is 21.6. The van der Waals surface area contributed by atoms with Gasteiger partial charge in [0.15, 0.2) is 5.96 Å². The van der Waals surface area contributed by atoms with Gasteiger partial charge in [-0.1, -0.05) is 30.3 Å². The Morgan fingerprint density at radius 2 is 1.75 bits per heavy atom. The minimum absolute atomic E-state index is 0. The van der Waals surface area contributed by atoms with Gasteiger partial charge in [0.25, 0.3) is 0 Å². The molecular formula is C24H37IN6O. The summed E-state index contributed by atoms with van der Waals surface area (Å²) in [6, 6.07) is 14.5. The van der Waals surface area contributed by atoms with E-state index in [1.54, 1.807) is 0 Å². The molecule has 0 unspecified atom stereocenters. The summed E-state index contributed by atoms with van der Waals surface area (Å²) in [5, 5.41) is 10.2. The SMILES string of the molecule is CCNC(=NCc1ccccc1CN1CCOCC1)NCCCCNc1ccccn1.I. The zero-order valence-corrected chi connectivity index (χ0v) is 21.4. The molecule has 1 aliphatic rings. The first-order valence-electron chi connectivity index (χ1n) is 11.4. The number of benzene rings is 1. The molecule has 0 spiro atoms. The molecule has 32 heavy (non-hydrogen) atoms. The summed E-state index contributed by atoms with van der Waals surface area (Å²) in [7, 11) is 0. The van der Waals surface area contributed by atoms with Crippen molar-refractivity contribution >= 4 is 35.8 Å². The number of halogens is 1. The van der Waals surface area contributed by atoms with Crippen molar-refractivity contribution in [1.82, 2.24) is 20.5 Å². The van der Waals surface area contributed by atoms with E-state index in [0.717, 1.165) is 77.1 Å². The first-order valence-corrected chi connectivity index (χ1v) is 11.4. The van der Waals surface area contributed by atoms with Gasteiger partial charge in [0.2, 0.25) is 0 Å². The number of unbranched alkanes of at least 4 members (excludes halogenated alkanes) is 1. The Morgan fingerprint density at radius 1 is 1.00 bits per heavy atom. The normalized spacial score (nSPS) is 14.5. The number of rotatable bonds is 11. The Labute approximate surface area is 209 Å². The van der Waals surface area contributed by atoms with Crippen molar-refractivity contribution in [1.29, 1.82) is 0 Å². The van der Waals surface area contributed by atoms with Gasteiger partial charge >= 0.3 is 0 Å². The van der Waals surface area contributed by atoms with Gasteiger partial charge in [0.05, 0.1) is 19.8 Å². The second-order valence-electron chi connectivity index (χ2n) is 7.63. The Morgan fingerprint density at radius 3 is 2.50 bits per heavy atom. The molecule has 7 nitrogen and oxygen atoms in total. The Balaban J connectivity index is 0.00000363. The maximum absolute atomic E-state index is 5.47. The highest BCUT2D eigenvalue weighted by molar-refractivity contribution is 14.0. The topological polar surface area (TPSA) is 73.8 Å². The van der Waals surface area contributed by atoms with Crippen LogP contribution in [0.2, 0.25) is 0 Å². The Bertz CT molecular complexity index is 783. The summed E-state index contributed by atoms with van der Waals surface area (Å²) in [4.78, 5) is 11.6. The molecule has 3 N–H and O–H groups in total. The van der Waals surface area contributed by atoms with Crippen LogP contribution >= 0.6 is 24.0 Å². The van der Waals surface area contributed by atoms with Gasteiger partial charge in [-0.3, -0.25) is 4.90 Å². The molecule has 1 aliphatic heterocycles. The van der Waals surface area contributed by atoms with Crippen molar-refractivity contribution in [2.45, 2.75) is 32.9 Å². The fourth-order valence-electron chi connectivity index (χ4n) is 3.51. The molecule has 0 bridgehead atoms. The van der Waals surface area contributed by atoms with E-state index in [0.29, 0.717) is 6.54 Å². The van der Waals surface area contributed by atoms with Crippen LogP contribution in [-0.2, 0) is 17.8 Å². The van der Waals surface area contributed by atoms with Gasteiger partial charge in [-0.2, -0.15) is 0 Å². The fraction of sp³-hybridized carbons (Fsp3) is 0.500. The quantitative estimate of drug-likeness (QED) is 0.172. The highest BCUT2D eigenvalue weighted by Crippen LogP contribution is 2.14. The number of guanidine groups is 1. The largest absolute Gasteiger partial charge is 0.379 e. The van der Waals surface area contributed by atoms with E-state index in [9.17, 15) is 0 Å². The second kappa shape index (κ2) is 15.8. The van der Waals surface area contributed by atoms with Crippen LogP contribution in [-0.4, -0.2) is 61.8 Å². The van der Waals surface area contributed by atoms with Gasteiger partial charge in [0.1, 0.15) is 5.82 Å². The first-order chi connectivity index (χ1) is 15.3. The molecule has 3 rings (SSSR count). The number of pyridine rings is 1. The monoisotopic (exact) mass is 552 g/mol. The predicted molar refractivity (Wildman–Crippen MR) is 143 cm³/mol. The number of hydrogen-bond donors (Lipinski definition) is 3. The Kier molecular flexibility index (Phi) is 13.0. The minimum atomic E-state index is 0. The van der Waals surface area contributed by atoms with Crippen LogP contribution < -0.4 is 16.0 Å². The first kappa shape index (κ1) is 26.3.